The van der Waals surface area contributed by atoms with Crippen LogP contribution in [0.25, 0.3) is 0 Å². The highest BCUT2D eigenvalue weighted by atomic mass is 16.5. The number of carbonyl (C=O) groups excluding carboxylic acids is 1. The van der Waals surface area contributed by atoms with E-state index in [0.29, 0.717) is 17.5 Å². The molecule has 25 heavy (non-hydrogen) atoms. The van der Waals surface area contributed by atoms with E-state index in [-0.39, 0.29) is 24.2 Å². The van der Waals surface area contributed by atoms with Crippen molar-refractivity contribution in [3.8, 4) is 6.07 Å². The first kappa shape index (κ1) is 17.2. The molecular formula is C21H22N2O2. The summed E-state index contributed by atoms with van der Waals surface area (Å²) in [5, 5.41) is 12.3. The molecule has 3 rings (SSSR count). The first-order valence-corrected chi connectivity index (χ1v) is 8.71. The van der Waals surface area contributed by atoms with Gasteiger partial charge in [0, 0.05) is 11.6 Å². The van der Waals surface area contributed by atoms with E-state index >= 15 is 0 Å². The second-order valence-corrected chi connectivity index (χ2v) is 6.40. The summed E-state index contributed by atoms with van der Waals surface area (Å²) in [5.74, 6) is -0.0492. The van der Waals surface area contributed by atoms with Gasteiger partial charge >= 0.3 is 0 Å². The van der Waals surface area contributed by atoms with E-state index in [1.165, 1.54) is 0 Å². The molecule has 0 aromatic heterocycles. The highest BCUT2D eigenvalue weighted by molar-refractivity contribution is 5.94. The molecule has 4 nitrogen and oxygen atoms in total. The highest BCUT2D eigenvalue weighted by Gasteiger charge is 2.30. The van der Waals surface area contributed by atoms with Crippen molar-refractivity contribution >= 4 is 5.91 Å². The molecule has 1 N–H and O–H groups in total. The van der Waals surface area contributed by atoms with E-state index in [2.05, 4.69) is 18.3 Å². The van der Waals surface area contributed by atoms with Gasteiger partial charge in [0.15, 0.2) is 0 Å². The quantitative estimate of drug-likeness (QED) is 0.919. The maximum atomic E-state index is 12.5. The van der Waals surface area contributed by atoms with Crippen LogP contribution >= 0.6 is 0 Å². The first-order valence-electron chi connectivity index (χ1n) is 8.71. The Morgan fingerprint density at radius 2 is 2.00 bits per heavy atom. The second kappa shape index (κ2) is 7.96. The molecule has 4 heteroatoms. The van der Waals surface area contributed by atoms with Gasteiger partial charge in [0.05, 0.1) is 23.8 Å². The van der Waals surface area contributed by atoms with Gasteiger partial charge < -0.3 is 10.1 Å². The van der Waals surface area contributed by atoms with E-state index in [1.807, 2.05) is 48.5 Å². The van der Waals surface area contributed by atoms with E-state index < -0.39 is 0 Å². The van der Waals surface area contributed by atoms with Crippen LogP contribution in [-0.4, -0.2) is 18.1 Å². The largest absolute Gasteiger partial charge is 0.370 e. The molecule has 3 atom stereocenters. The zero-order chi connectivity index (χ0) is 17.6. The lowest BCUT2D eigenvalue weighted by Crippen LogP contribution is -2.42. The minimum Gasteiger partial charge on any atom is -0.370 e. The summed E-state index contributed by atoms with van der Waals surface area (Å²) >= 11 is 0. The predicted molar refractivity (Wildman–Crippen MR) is 96.0 cm³/mol. The van der Waals surface area contributed by atoms with Crippen molar-refractivity contribution < 1.29 is 9.53 Å². The number of nitrogens with zero attached hydrogens (tertiary/aromatic N) is 1. The number of nitriles is 1. The Labute approximate surface area is 148 Å². The lowest BCUT2D eigenvalue weighted by atomic mass is 9.92. The minimum absolute atomic E-state index is 0.0492. The fraction of sp³-hybridized carbons (Fsp3) is 0.333. The molecule has 1 heterocycles. The van der Waals surface area contributed by atoms with Crippen LogP contribution in [-0.2, 0) is 4.74 Å². The van der Waals surface area contributed by atoms with Gasteiger partial charge in [-0.2, -0.15) is 5.26 Å². The van der Waals surface area contributed by atoms with Gasteiger partial charge in [-0.1, -0.05) is 37.3 Å². The summed E-state index contributed by atoms with van der Waals surface area (Å²) in [6.45, 7) is 2.09. The maximum absolute atomic E-state index is 12.5. The van der Waals surface area contributed by atoms with Crippen LogP contribution < -0.4 is 5.32 Å². The third-order valence-electron chi connectivity index (χ3n) is 4.62. The van der Waals surface area contributed by atoms with E-state index in [9.17, 15) is 4.79 Å². The van der Waals surface area contributed by atoms with Gasteiger partial charge in [-0.05, 0) is 49.1 Å². The first-order chi connectivity index (χ1) is 12.2. The zero-order valence-electron chi connectivity index (χ0n) is 14.3. The highest BCUT2D eigenvalue weighted by Crippen LogP contribution is 2.33. The molecule has 1 amide bonds. The summed E-state index contributed by atoms with van der Waals surface area (Å²) in [7, 11) is 0. The molecule has 1 fully saturated rings. The third-order valence-corrected chi connectivity index (χ3v) is 4.62. The fourth-order valence-electron chi connectivity index (χ4n) is 3.28. The van der Waals surface area contributed by atoms with Crippen LogP contribution in [0.2, 0.25) is 0 Å². The summed E-state index contributed by atoms with van der Waals surface area (Å²) < 4.78 is 6.18. The van der Waals surface area contributed by atoms with Crippen LogP contribution in [0.1, 0.15) is 53.8 Å². The van der Waals surface area contributed by atoms with E-state index in [1.54, 1.807) is 6.07 Å². The topological polar surface area (TPSA) is 62.1 Å². The molecule has 0 radical (unpaired) electrons. The maximum Gasteiger partial charge on any atom is 0.251 e. The van der Waals surface area contributed by atoms with Crippen molar-refractivity contribution in [2.24, 2.45) is 0 Å². The molecule has 1 saturated heterocycles. The number of amides is 1. The number of rotatable bonds is 4. The van der Waals surface area contributed by atoms with Crippen molar-refractivity contribution in [3.05, 3.63) is 71.3 Å². The van der Waals surface area contributed by atoms with E-state index in [0.717, 1.165) is 18.4 Å². The lowest BCUT2D eigenvalue weighted by molar-refractivity contribution is -0.0632. The molecule has 128 valence electrons. The Balaban J connectivity index is 1.74. The molecule has 1 aliphatic rings. The van der Waals surface area contributed by atoms with Crippen LogP contribution in [0.5, 0.6) is 0 Å². The summed E-state index contributed by atoms with van der Waals surface area (Å²) in [4.78, 5) is 12.5. The number of hydrogen-bond acceptors (Lipinski definition) is 3. The Kier molecular flexibility index (Phi) is 5.47. The zero-order valence-corrected chi connectivity index (χ0v) is 14.3. The van der Waals surface area contributed by atoms with Crippen LogP contribution in [0, 0.1) is 11.3 Å². The Morgan fingerprint density at radius 1 is 1.20 bits per heavy atom. The van der Waals surface area contributed by atoms with Gasteiger partial charge in [-0.15, -0.1) is 0 Å². The SMILES string of the molecule is CC[C@H]1C[C@@H](NC(=O)c2ccccc2)C[C@@H](c2cccc(C#N)c2)O1. The molecule has 2 aromatic rings. The van der Waals surface area contributed by atoms with Gasteiger partial charge in [0.25, 0.3) is 5.91 Å². The number of ether oxygens (including phenoxy) is 1. The number of nitrogens with one attached hydrogen (secondary N) is 1. The van der Waals surface area contributed by atoms with Gasteiger partial charge in [-0.25, -0.2) is 0 Å². The average molecular weight is 334 g/mol. The monoisotopic (exact) mass is 334 g/mol. The van der Waals surface area contributed by atoms with Crippen molar-refractivity contribution in [1.29, 1.82) is 5.26 Å². The van der Waals surface area contributed by atoms with Crippen molar-refractivity contribution in [2.45, 2.75) is 44.4 Å². The standard InChI is InChI=1S/C21H22N2O2/c1-2-19-12-18(23-21(24)16-8-4-3-5-9-16)13-20(25-19)17-10-6-7-15(11-17)14-22/h3-11,18-20H,2,12-13H2,1H3,(H,23,24)/t18-,19+,20+/m1/s1. The molecule has 0 aliphatic carbocycles. The van der Waals surface area contributed by atoms with Gasteiger partial charge in [0.2, 0.25) is 0 Å². The number of benzene rings is 2. The van der Waals surface area contributed by atoms with E-state index in [4.69, 9.17) is 10.00 Å². The molecule has 2 aromatic carbocycles. The second-order valence-electron chi connectivity index (χ2n) is 6.40. The third kappa shape index (κ3) is 4.26. The molecule has 0 unspecified atom stereocenters. The Bertz CT molecular complexity index is 767. The normalized spacial score (nSPS) is 22.8. The molecular weight excluding hydrogens is 312 g/mol. The smallest absolute Gasteiger partial charge is 0.251 e. The predicted octanol–water partition coefficient (Wildman–Crippen LogP) is 3.99. The van der Waals surface area contributed by atoms with Crippen molar-refractivity contribution in [2.75, 3.05) is 0 Å². The molecule has 0 spiro atoms. The van der Waals surface area contributed by atoms with Crippen LogP contribution in [0.15, 0.2) is 54.6 Å². The fourth-order valence-corrected chi connectivity index (χ4v) is 3.28. The minimum atomic E-state index is -0.104. The molecule has 0 saturated carbocycles. The lowest BCUT2D eigenvalue weighted by Gasteiger charge is -2.36. The molecule has 1 aliphatic heterocycles. The Hall–Kier alpha value is -2.64. The average Bonchev–Trinajstić information content (AvgIpc) is 2.68. The number of carbonyl (C=O) groups is 1. The van der Waals surface area contributed by atoms with Crippen LogP contribution in [0.4, 0.5) is 0 Å². The van der Waals surface area contributed by atoms with Crippen molar-refractivity contribution in [3.63, 3.8) is 0 Å². The van der Waals surface area contributed by atoms with Gasteiger partial charge in [-0.3, -0.25) is 4.79 Å². The molecule has 0 bridgehead atoms. The van der Waals surface area contributed by atoms with Crippen molar-refractivity contribution in [1.82, 2.24) is 5.32 Å². The number of hydrogen-bond donors (Lipinski definition) is 1. The summed E-state index contributed by atoms with van der Waals surface area (Å²) in [5.41, 5.74) is 2.30. The summed E-state index contributed by atoms with van der Waals surface area (Å²) in [6, 6.07) is 19.0. The summed E-state index contributed by atoms with van der Waals surface area (Å²) in [6.07, 6.45) is 2.42. The Morgan fingerprint density at radius 3 is 2.72 bits per heavy atom. The van der Waals surface area contributed by atoms with Crippen LogP contribution in [0.3, 0.4) is 0 Å². The van der Waals surface area contributed by atoms with Gasteiger partial charge in [0.1, 0.15) is 0 Å².